The van der Waals surface area contributed by atoms with Crippen molar-refractivity contribution < 1.29 is 28.0 Å². The highest BCUT2D eigenvalue weighted by atomic mass is 127. The molecule has 0 aromatic heterocycles. The van der Waals surface area contributed by atoms with Crippen molar-refractivity contribution in [2.45, 2.75) is 44.1 Å². The van der Waals surface area contributed by atoms with Gasteiger partial charge in [-0.05, 0) is 41.5 Å². The van der Waals surface area contributed by atoms with Crippen molar-refractivity contribution in [2.24, 2.45) is 5.92 Å². The summed E-state index contributed by atoms with van der Waals surface area (Å²) >= 11 is 4.33. The minimum Gasteiger partial charge on any atom is -0.486 e. The molecule has 1 aliphatic rings. The summed E-state index contributed by atoms with van der Waals surface area (Å²) < 4.78 is 21.9. The highest BCUT2D eigenvalue weighted by Gasteiger charge is 2.37. The standard InChI is InChI=1S/C14H20I2O6S2/c1-3-19-12(7-17)10(14(18)20-4-2)5-9-6-11(22-24-16)13(23-15)8-21-9/h9-11,13H,3-6,8H2,1-2H3. The van der Waals surface area contributed by atoms with E-state index >= 15 is 0 Å². The summed E-state index contributed by atoms with van der Waals surface area (Å²) in [5, 5.41) is 0.234. The fourth-order valence-electron chi connectivity index (χ4n) is 2.39. The van der Waals surface area contributed by atoms with Crippen molar-refractivity contribution in [3.8, 4) is 0 Å². The molecule has 10 heteroatoms. The predicted molar refractivity (Wildman–Crippen MR) is 112 cm³/mol. The summed E-state index contributed by atoms with van der Waals surface area (Å²) in [4.78, 5) is 23.4. The van der Waals surface area contributed by atoms with Gasteiger partial charge in [-0.2, -0.15) is 0 Å². The van der Waals surface area contributed by atoms with Crippen molar-refractivity contribution in [1.29, 1.82) is 0 Å². The molecular formula is C14H20I2O6S2. The molecule has 1 saturated heterocycles. The first-order chi connectivity index (χ1) is 11.6. The third kappa shape index (κ3) is 7.20. The van der Waals surface area contributed by atoms with Gasteiger partial charge in [-0.25, -0.2) is 4.79 Å². The molecule has 24 heavy (non-hydrogen) atoms. The van der Waals surface area contributed by atoms with E-state index in [1.165, 1.54) is 9.21 Å². The molecule has 4 unspecified atom stereocenters. The van der Waals surface area contributed by atoms with Gasteiger partial charge in [-0.3, -0.25) is 4.79 Å². The minimum absolute atomic E-state index is 0.0196. The fourth-order valence-corrected chi connectivity index (χ4v) is 5.40. The second-order valence-electron chi connectivity index (χ2n) is 4.96. The first kappa shape index (κ1) is 22.8. The van der Waals surface area contributed by atoms with Crippen molar-refractivity contribution in [1.82, 2.24) is 0 Å². The smallest absolute Gasteiger partial charge is 0.317 e. The van der Waals surface area contributed by atoms with Gasteiger partial charge in [0.2, 0.25) is 0 Å². The van der Waals surface area contributed by atoms with Crippen LogP contribution < -0.4 is 0 Å². The quantitative estimate of drug-likeness (QED) is 0.123. The van der Waals surface area contributed by atoms with Crippen LogP contribution in [0.25, 0.3) is 0 Å². The van der Waals surface area contributed by atoms with Crippen LogP contribution in [0.15, 0.2) is 5.76 Å². The van der Waals surface area contributed by atoms with Crippen LogP contribution in [0.1, 0.15) is 26.7 Å². The Kier molecular flexibility index (Phi) is 12.4. The molecule has 0 amide bonds. The summed E-state index contributed by atoms with van der Waals surface area (Å²) in [5.74, 6) is 0.423. The Balaban J connectivity index is 2.81. The molecule has 0 aliphatic carbocycles. The van der Waals surface area contributed by atoms with Crippen LogP contribution in [0.4, 0.5) is 0 Å². The number of carbonyl (C=O) groups excluding carboxylic acids is 2. The lowest BCUT2D eigenvalue weighted by Gasteiger charge is -2.34. The van der Waals surface area contributed by atoms with Crippen LogP contribution in [-0.4, -0.2) is 49.2 Å². The molecule has 0 radical (unpaired) electrons. The molecule has 0 spiro atoms. The first-order valence-electron chi connectivity index (χ1n) is 7.48. The molecule has 138 valence electrons. The highest BCUT2D eigenvalue weighted by molar-refractivity contribution is 14.2. The van der Waals surface area contributed by atoms with Gasteiger partial charge in [-0.15, -0.1) is 0 Å². The Hall–Kier alpha value is 0.800. The van der Waals surface area contributed by atoms with Crippen LogP contribution in [0.3, 0.4) is 0 Å². The largest absolute Gasteiger partial charge is 0.486 e. The third-order valence-corrected chi connectivity index (χ3v) is 7.04. The Bertz CT molecular complexity index is 447. The zero-order valence-corrected chi connectivity index (χ0v) is 19.3. The van der Waals surface area contributed by atoms with Gasteiger partial charge in [0.15, 0.2) is 11.7 Å². The average molecular weight is 602 g/mol. The predicted octanol–water partition coefficient (Wildman–Crippen LogP) is 3.93. The van der Waals surface area contributed by atoms with Crippen LogP contribution in [-0.2, 0) is 28.0 Å². The molecule has 0 bridgehead atoms. The highest BCUT2D eigenvalue weighted by Crippen LogP contribution is 2.36. The number of ether oxygens (including phenoxy) is 3. The lowest BCUT2D eigenvalue weighted by atomic mass is 9.94. The molecule has 1 fully saturated rings. The molecule has 0 aromatic carbocycles. The van der Waals surface area contributed by atoms with E-state index in [9.17, 15) is 9.59 Å². The van der Waals surface area contributed by atoms with Gasteiger partial charge in [-0.1, -0.05) is 8.93 Å². The third-order valence-electron chi connectivity index (χ3n) is 3.47. The van der Waals surface area contributed by atoms with E-state index in [4.69, 9.17) is 18.4 Å². The summed E-state index contributed by atoms with van der Waals surface area (Å²) in [6.45, 7) is 4.53. The number of carbonyl (C=O) groups is 1. The normalized spacial score (nSPS) is 24.8. The fraction of sp³-hybridized carbons (Fsp3) is 0.786. The average Bonchev–Trinajstić information content (AvgIpc) is 2.58. The van der Waals surface area contributed by atoms with Crippen molar-refractivity contribution in [2.75, 3.05) is 19.8 Å². The Morgan fingerprint density at radius 1 is 1.33 bits per heavy atom. The van der Waals surface area contributed by atoms with E-state index in [-0.39, 0.29) is 36.4 Å². The van der Waals surface area contributed by atoms with Crippen LogP contribution in [0, 0.1) is 5.92 Å². The topological polar surface area (TPSA) is 71.1 Å². The summed E-state index contributed by atoms with van der Waals surface area (Å²) in [6.07, 6.45) is 0.765. The van der Waals surface area contributed by atoms with E-state index in [0.717, 1.165) is 0 Å². The number of halogens is 2. The number of hydrogen-bond donors (Lipinski definition) is 0. The number of hydrogen-bond acceptors (Lipinski definition) is 8. The molecule has 1 heterocycles. The lowest BCUT2D eigenvalue weighted by Crippen LogP contribution is -2.41. The van der Waals surface area contributed by atoms with Gasteiger partial charge in [0.25, 0.3) is 0 Å². The molecule has 0 aromatic rings. The van der Waals surface area contributed by atoms with Gasteiger partial charge in [0.1, 0.15) is 5.92 Å². The summed E-state index contributed by atoms with van der Waals surface area (Å²) in [7, 11) is 2.96. The molecule has 1 aliphatic heterocycles. The Labute approximate surface area is 174 Å². The van der Waals surface area contributed by atoms with E-state index in [0.29, 0.717) is 19.4 Å². The van der Waals surface area contributed by atoms with E-state index in [1.807, 2.05) is 0 Å². The van der Waals surface area contributed by atoms with Gasteiger partial charge in [0, 0.05) is 27.6 Å². The van der Waals surface area contributed by atoms with Gasteiger partial charge >= 0.3 is 5.97 Å². The minimum atomic E-state index is -0.802. The zero-order chi connectivity index (χ0) is 17.9. The van der Waals surface area contributed by atoms with Gasteiger partial charge < -0.3 is 18.4 Å². The van der Waals surface area contributed by atoms with Crippen LogP contribution in [0.2, 0.25) is 0 Å². The van der Waals surface area contributed by atoms with E-state index in [1.54, 1.807) is 28.7 Å². The molecule has 0 N–H and O–H groups in total. The maximum absolute atomic E-state index is 12.2. The zero-order valence-electron chi connectivity index (χ0n) is 13.4. The number of rotatable bonds is 10. The van der Waals surface area contributed by atoms with Crippen molar-refractivity contribution in [3.63, 3.8) is 0 Å². The summed E-state index contributed by atoms with van der Waals surface area (Å²) in [6, 6.07) is 0. The van der Waals surface area contributed by atoms with E-state index < -0.39 is 11.9 Å². The SMILES string of the molecule is CCOC(=O)C(CC1CC(OSI)C(SI)CO1)C(=C=O)OCC. The maximum atomic E-state index is 12.2. The first-order valence-corrected chi connectivity index (χ1v) is 14.2. The maximum Gasteiger partial charge on any atom is 0.317 e. The van der Waals surface area contributed by atoms with Crippen molar-refractivity contribution in [3.05, 3.63) is 5.76 Å². The summed E-state index contributed by atoms with van der Waals surface area (Å²) in [5.41, 5.74) is 0. The second kappa shape index (κ2) is 13.0. The molecule has 1 rings (SSSR count). The molecule has 6 nitrogen and oxygen atoms in total. The molecule has 0 saturated carbocycles. The number of esters is 1. The Morgan fingerprint density at radius 3 is 2.58 bits per heavy atom. The molecule has 4 atom stereocenters. The molecular weight excluding hydrogens is 582 g/mol. The van der Waals surface area contributed by atoms with Gasteiger partial charge in [0.05, 0.1) is 46.5 Å². The monoisotopic (exact) mass is 602 g/mol. The van der Waals surface area contributed by atoms with E-state index in [2.05, 4.69) is 42.4 Å². The van der Waals surface area contributed by atoms with Crippen molar-refractivity contribution >= 4 is 72.5 Å². The van der Waals surface area contributed by atoms with Crippen LogP contribution >= 0.6 is 60.6 Å². The Morgan fingerprint density at radius 2 is 2.04 bits per heavy atom. The van der Waals surface area contributed by atoms with Crippen LogP contribution in [0.5, 0.6) is 0 Å². The lowest BCUT2D eigenvalue weighted by molar-refractivity contribution is -0.150. The second-order valence-corrected chi connectivity index (χ2v) is 8.66.